The molecule has 1 N–H and O–H groups in total. The van der Waals surface area contributed by atoms with Crippen LogP contribution in [0.2, 0.25) is 0 Å². The second-order valence-corrected chi connectivity index (χ2v) is 6.24. The summed E-state index contributed by atoms with van der Waals surface area (Å²) in [5.74, 6) is 1.26. The predicted octanol–water partition coefficient (Wildman–Crippen LogP) is 1.95. The van der Waals surface area contributed by atoms with Gasteiger partial charge in [0.05, 0.1) is 12.9 Å². The van der Waals surface area contributed by atoms with E-state index >= 15 is 0 Å². The number of thioether (sulfide) groups is 1. The minimum Gasteiger partial charge on any atom is -0.479 e. The van der Waals surface area contributed by atoms with Crippen LogP contribution in [-0.2, 0) is 18.9 Å². The van der Waals surface area contributed by atoms with Crippen molar-refractivity contribution in [2.45, 2.75) is 5.16 Å². The van der Waals surface area contributed by atoms with Gasteiger partial charge in [0.2, 0.25) is 11.8 Å². The fourth-order valence-electron chi connectivity index (χ4n) is 2.30. The van der Waals surface area contributed by atoms with Gasteiger partial charge in [0.1, 0.15) is 5.56 Å². The van der Waals surface area contributed by atoms with E-state index in [2.05, 4.69) is 20.6 Å². The number of nitrogens with one attached hydrogen (secondary N) is 1. The summed E-state index contributed by atoms with van der Waals surface area (Å²) in [6, 6.07) is 9.34. The number of benzene rings is 1. The summed E-state index contributed by atoms with van der Waals surface area (Å²) in [7, 11) is 5.22. The highest BCUT2D eigenvalue weighted by Gasteiger charge is 2.18. The molecule has 0 saturated carbocycles. The van der Waals surface area contributed by atoms with Crippen LogP contribution >= 0.6 is 11.8 Å². The molecular formula is C16H18N6O2S. The van der Waals surface area contributed by atoms with Gasteiger partial charge in [-0.15, -0.1) is 15.3 Å². The molecule has 2 aromatic heterocycles. The van der Waals surface area contributed by atoms with Crippen LogP contribution in [0.5, 0.6) is 5.88 Å². The number of aryl methyl sites for hydroxylation is 1. The lowest BCUT2D eigenvalue weighted by atomic mass is 10.3. The number of ether oxygens (including phenoxy) is 1. The number of nitrogens with zero attached hydrogens (tertiary/aromatic N) is 5. The van der Waals surface area contributed by atoms with Gasteiger partial charge in [0.25, 0.3) is 0 Å². The van der Waals surface area contributed by atoms with Crippen LogP contribution in [0.25, 0.3) is 11.4 Å². The van der Waals surface area contributed by atoms with Crippen LogP contribution in [0.15, 0.2) is 41.7 Å². The molecular weight excluding hydrogens is 340 g/mol. The van der Waals surface area contributed by atoms with Gasteiger partial charge in [0, 0.05) is 26.0 Å². The monoisotopic (exact) mass is 358 g/mol. The summed E-state index contributed by atoms with van der Waals surface area (Å²) in [5, 5.41) is 16.1. The van der Waals surface area contributed by atoms with Crippen molar-refractivity contribution in [2.24, 2.45) is 14.1 Å². The zero-order valence-electron chi connectivity index (χ0n) is 14.1. The van der Waals surface area contributed by atoms with Gasteiger partial charge < -0.3 is 14.6 Å². The molecule has 0 bridgehead atoms. The molecule has 0 fully saturated rings. The van der Waals surface area contributed by atoms with Gasteiger partial charge in [-0.25, -0.2) is 0 Å². The molecule has 8 nitrogen and oxygen atoms in total. The van der Waals surface area contributed by atoms with Crippen LogP contribution in [0.1, 0.15) is 0 Å². The second-order valence-electron chi connectivity index (χ2n) is 5.29. The summed E-state index contributed by atoms with van der Waals surface area (Å²) < 4.78 is 8.74. The van der Waals surface area contributed by atoms with Gasteiger partial charge >= 0.3 is 0 Å². The summed E-state index contributed by atoms with van der Waals surface area (Å²) >= 11 is 1.32. The van der Waals surface area contributed by atoms with Gasteiger partial charge in [-0.3, -0.25) is 9.48 Å². The molecule has 130 valence electrons. The van der Waals surface area contributed by atoms with Crippen LogP contribution in [-0.4, -0.2) is 43.3 Å². The Morgan fingerprint density at radius 3 is 2.72 bits per heavy atom. The normalized spacial score (nSPS) is 10.7. The fourth-order valence-corrected chi connectivity index (χ4v) is 3.01. The molecule has 0 aliphatic rings. The zero-order chi connectivity index (χ0) is 17.8. The lowest BCUT2D eigenvalue weighted by Gasteiger charge is -2.05. The van der Waals surface area contributed by atoms with Crippen molar-refractivity contribution in [1.82, 2.24) is 24.5 Å². The third-order valence-electron chi connectivity index (χ3n) is 3.45. The topological polar surface area (TPSA) is 86.9 Å². The number of methoxy groups -OCH3 is 1. The molecule has 0 saturated heterocycles. The quantitative estimate of drug-likeness (QED) is 0.678. The van der Waals surface area contributed by atoms with Crippen LogP contribution in [0, 0.1) is 0 Å². The second kappa shape index (κ2) is 7.39. The average Bonchev–Trinajstić information content (AvgIpc) is 3.16. The Morgan fingerprint density at radius 1 is 1.24 bits per heavy atom. The largest absolute Gasteiger partial charge is 0.479 e. The third-order valence-corrected chi connectivity index (χ3v) is 4.47. The molecule has 1 amide bonds. The van der Waals surface area contributed by atoms with E-state index in [4.69, 9.17) is 4.74 Å². The number of hydrogen-bond acceptors (Lipinski definition) is 6. The molecule has 0 unspecified atom stereocenters. The maximum Gasteiger partial charge on any atom is 0.243 e. The summed E-state index contributed by atoms with van der Waals surface area (Å²) in [5.41, 5.74) is 1.52. The Hall–Kier alpha value is -2.81. The Balaban J connectivity index is 1.68. The van der Waals surface area contributed by atoms with Crippen molar-refractivity contribution in [2.75, 3.05) is 18.2 Å². The van der Waals surface area contributed by atoms with Crippen molar-refractivity contribution in [3.8, 4) is 17.3 Å². The van der Waals surface area contributed by atoms with E-state index in [1.54, 1.807) is 11.8 Å². The number of amides is 1. The van der Waals surface area contributed by atoms with Gasteiger partial charge in [-0.05, 0) is 12.1 Å². The maximum absolute atomic E-state index is 12.1. The Labute approximate surface area is 149 Å². The number of carbonyl (C=O) groups is 1. The summed E-state index contributed by atoms with van der Waals surface area (Å²) in [6.45, 7) is 0. The first-order valence-electron chi connectivity index (χ1n) is 7.53. The number of rotatable bonds is 6. The molecule has 25 heavy (non-hydrogen) atoms. The smallest absolute Gasteiger partial charge is 0.243 e. The third kappa shape index (κ3) is 3.82. The minimum atomic E-state index is -0.0975. The van der Waals surface area contributed by atoms with Crippen LogP contribution in [0.4, 0.5) is 5.69 Å². The van der Waals surface area contributed by atoms with Crippen LogP contribution in [0.3, 0.4) is 0 Å². The van der Waals surface area contributed by atoms with Crippen molar-refractivity contribution < 1.29 is 9.53 Å². The van der Waals surface area contributed by atoms with E-state index in [0.29, 0.717) is 16.9 Å². The van der Waals surface area contributed by atoms with Crippen molar-refractivity contribution in [3.63, 3.8) is 0 Å². The molecule has 2 heterocycles. The van der Waals surface area contributed by atoms with E-state index < -0.39 is 0 Å². The van der Waals surface area contributed by atoms with E-state index in [1.807, 2.05) is 55.2 Å². The molecule has 0 radical (unpaired) electrons. The first-order valence-corrected chi connectivity index (χ1v) is 8.52. The lowest BCUT2D eigenvalue weighted by molar-refractivity contribution is -0.113. The van der Waals surface area contributed by atoms with E-state index in [-0.39, 0.29) is 11.7 Å². The highest BCUT2D eigenvalue weighted by atomic mass is 32.2. The number of anilines is 1. The Kier molecular flexibility index (Phi) is 5.03. The maximum atomic E-state index is 12.1. The Bertz CT molecular complexity index is 874. The first-order chi connectivity index (χ1) is 12.1. The number of carbonyl (C=O) groups excluding carboxylic acids is 1. The molecule has 3 aromatic rings. The predicted molar refractivity (Wildman–Crippen MR) is 95.6 cm³/mol. The summed E-state index contributed by atoms with van der Waals surface area (Å²) in [4.78, 5) is 12.1. The van der Waals surface area contributed by atoms with E-state index in [9.17, 15) is 4.79 Å². The minimum absolute atomic E-state index is 0.0975. The van der Waals surface area contributed by atoms with E-state index in [0.717, 1.165) is 11.3 Å². The molecule has 0 aliphatic heterocycles. The Morgan fingerprint density at radius 2 is 2.00 bits per heavy atom. The highest BCUT2D eigenvalue weighted by molar-refractivity contribution is 7.99. The number of aromatic nitrogens is 5. The van der Waals surface area contributed by atoms with Crippen LogP contribution < -0.4 is 10.1 Å². The lowest BCUT2D eigenvalue weighted by Crippen LogP contribution is -2.14. The fraction of sp³-hybridized carbons (Fsp3) is 0.250. The average molecular weight is 358 g/mol. The molecule has 0 atom stereocenters. The zero-order valence-corrected chi connectivity index (χ0v) is 14.9. The van der Waals surface area contributed by atoms with Crippen molar-refractivity contribution in [1.29, 1.82) is 0 Å². The van der Waals surface area contributed by atoms with Gasteiger partial charge in [-0.2, -0.15) is 0 Å². The molecule has 0 spiro atoms. The molecule has 3 rings (SSSR count). The highest BCUT2D eigenvalue weighted by Crippen LogP contribution is 2.28. The van der Waals surface area contributed by atoms with Crippen molar-refractivity contribution in [3.05, 3.63) is 36.5 Å². The number of hydrogen-bond donors (Lipinski definition) is 1. The molecule has 9 heteroatoms. The SMILES string of the molecule is COc1nn(C)cc1-c1nnc(SCC(=O)Nc2ccccc2)n1C. The molecule has 1 aromatic carbocycles. The standard InChI is InChI=1S/C16H18N6O2S/c1-21-9-12(15(20-21)24-3)14-18-19-16(22(14)2)25-10-13(23)17-11-7-5-4-6-8-11/h4-9H,10H2,1-3H3,(H,17,23). The van der Waals surface area contributed by atoms with Gasteiger partial charge in [0.15, 0.2) is 11.0 Å². The first kappa shape index (κ1) is 17.0. The van der Waals surface area contributed by atoms with E-state index in [1.165, 1.54) is 11.8 Å². The van der Waals surface area contributed by atoms with Crippen molar-refractivity contribution >= 4 is 23.4 Å². The molecule has 0 aliphatic carbocycles. The number of para-hydroxylation sites is 1. The van der Waals surface area contributed by atoms with Gasteiger partial charge in [-0.1, -0.05) is 30.0 Å². The summed E-state index contributed by atoms with van der Waals surface area (Å²) in [6.07, 6.45) is 1.82.